The Morgan fingerprint density at radius 2 is 1.69 bits per heavy atom. The minimum atomic E-state index is -0.0493. The molecule has 1 N–H and O–H groups in total. The fourth-order valence-corrected chi connectivity index (χ4v) is 3.55. The number of nitrogens with zero attached hydrogens (tertiary/aromatic N) is 1. The zero-order valence-electron chi connectivity index (χ0n) is 16.8. The molecule has 2 amide bonds. The Morgan fingerprint density at radius 3 is 2.38 bits per heavy atom. The van der Waals surface area contributed by atoms with Crippen LogP contribution in [-0.2, 0) is 27.5 Å². The van der Waals surface area contributed by atoms with Gasteiger partial charge in [0.2, 0.25) is 11.8 Å². The van der Waals surface area contributed by atoms with Crippen LogP contribution in [0.15, 0.2) is 60.7 Å². The normalized spacial score (nSPS) is 14.9. The summed E-state index contributed by atoms with van der Waals surface area (Å²) in [6.07, 6.45) is 4.83. The summed E-state index contributed by atoms with van der Waals surface area (Å²) in [4.78, 5) is 26.8. The molecule has 152 valence electrons. The average Bonchev–Trinajstić information content (AvgIpc) is 2.77. The van der Waals surface area contributed by atoms with Crippen LogP contribution < -0.4 is 5.32 Å². The van der Waals surface area contributed by atoms with Crippen molar-refractivity contribution in [3.8, 4) is 0 Å². The van der Waals surface area contributed by atoms with Crippen molar-refractivity contribution >= 4 is 17.9 Å². The quantitative estimate of drug-likeness (QED) is 0.735. The van der Waals surface area contributed by atoms with Gasteiger partial charge in [0.25, 0.3) is 0 Å². The van der Waals surface area contributed by atoms with E-state index in [1.165, 1.54) is 0 Å². The lowest BCUT2D eigenvalue weighted by atomic mass is 9.95. The van der Waals surface area contributed by atoms with Gasteiger partial charge in [-0.2, -0.15) is 0 Å². The smallest absolute Gasteiger partial charge is 0.246 e. The monoisotopic (exact) mass is 392 g/mol. The van der Waals surface area contributed by atoms with E-state index >= 15 is 0 Å². The maximum atomic E-state index is 12.6. The Morgan fingerprint density at radius 1 is 1.03 bits per heavy atom. The summed E-state index contributed by atoms with van der Waals surface area (Å²) < 4.78 is 5.22. The van der Waals surface area contributed by atoms with Crippen LogP contribution in [0.5, 0.6) is 0 Å². The minimum Gasteiger partial charge on any atom is -0.380 e. The SMILES string of the molecule is COCc1ccccc1CNC(=O)C1CCN(C(=O)C=Cc2ccccc2)CC1. The molecular weight excluding hydrogens is 364 g/mol. The first-order valence-corrected chi connectivity index (χ1v) is 10.0. The van der Waals surface area contributed by atoms with E-state index in [2.05, 4.69) is 5.32 Å². The second kappa shape index (κ2) is 10.6. The number of carbonyl (C=O) groups is 2. The number of piperidine rings is 1. The number of hydrogen-bond acceptors (Lipinski definition) is 3. The van der Waals surface area contributed by atoms with Gasteiger partial charge in [-0.15, -0.1) is 0 Å². The van der Waals surface area contributed by atoms with Gasteiger partial charge in [-0.3, -0.25) is 9.59 Å². The second-order valence-corrected chi connectivity index (χ2v) is 7.26. The van der Waals surface area contributed by atoms with Gasteiger partial charge in [-0.05, 0) is 35.6 Å². The Labute approximate surface area is 172 Å². The molecule has 0 spiro atoms. The van der Waals surface area contributed by atoms with Gasteiger partial charge < -0.3 is 15.0 Å². The first-order valence-electron chi connectivity index (χ1n) is 10.0. The summed E-state index contributed by atoms with van der Waals surface area (Å²) in [6.45, 7) is 2.24. The van der Waals surface area contributed by atoms with Crippen LogP contribution in [0.25, 0.3) is 6.08 Å². The maximum absolute atomic E-state index is 12.6. The van der Waals surface area contributed by atoms with E-state index in [1.54, 1.807) is 13.2 Å². The number of nitrogens with one attached hydrogen (secondary N) is 1. The van der Waals surface area contributed by atoms with Gasteiger partial charge in [-0.1, -0.05) is 54.6 Å². The maximum Gasteiger partial charge on any atom is 0.246 e. The molecule has 0 radical (unpaired) electrons. The Balaban J connectivity index is 1.46. The molecule has 0 aromatic heterocycles. The summed E-state index contributed by atoms with van der Waals surface area (Å²) in [7, 11) is 1.67. The predicted molar refractivity (Wildman–Crippen MR) is 114 cm³/mol. The third-order valence-electron chi connectivity index (χ3n) is 5.27. The highest BCUT2D eigenvalue weighted by Gasteiger charge is 2.26. The molecule has 5 heteroatoms. The summed E-state index contributed by atoms with van der Waals surface area (Å²) in [6, 6.07) is 17.7. The van der Waals surface area contributed by atoms with E-state index in [9.17, 15) is 9.59 Å². The summed E-state index contributed by atoms with van der Waals surface area (Å²) >= 11 is 0. The zero-order valence-corrected chi connectivity index (χ0v) is 16.8. The molecule has 1 heterocycles. The van der Waals surface area contributed by atoms with Gasteiger partial charge in [0.1, 0.15) is 0 Å². The van der Waals surface area contributed by atoms with Crippen LogP contribution in [0.3, 0.4) is 0 Å². The molecule has 1 saturated heterocycles. The molecule has 5 nitrogen and oxygen atoms in total. The van der Waals surface area contributed by atoms with Crippen molar-refractivity contribution in [2.45, 2.75) is 26.0 Å². The molecule has 1 aliphatic rings. The number of methoxy groups -OCH3 is 1. The van der Waals surface area contributed by atoms with Gasteiger partial charge >= 0.3 is 0 Å². The number of ether oxygens (including phenoxy) is 1. The van der Waals surface area contributed by atoms with Crippen molar-refractivity contribution in [1.29, 1.82) is 0 Å². The number of amides is 2. The third kappa shape index (κ3) is 6.03. The molecule has 0 aliphatic carbocycles. The molecule has 0 atom stereocenters. The summed E-state index contributed by atoms with van der Waals surface area (Å²) in [5, 5.41) is 3.05. The van der Waals surface area contributed by atoms with Crippen molar-refractivity contribution in [2.24, 2.45) is 5.92 Å². The van der Waals surface area contributed by atoms with E-state index in [1.807, 2.05) is 65.6 Å². The lowest BCUT2D eigenvalue weighted by Crippen LogP contribution is -2.42. The van der Waals surface area contributed by atoms with E-state index in [-0.39, 0.29) is 17.7 Å². The van der Waals surface area contributed by atoms with Crippen LogP contribution in [0, 0.1) is 5.92 Å². The van der Waals surface area contributed by atoms with Gasteiger partial charge in [0, 0.05) is 38.7 Å². The van der Waals surface area contributed by atoms with Crippen LogP contribution in [0.2, 0.25) is 0 Å². The van der Waals surface area contributed by atoms with Crippen LogP contribution >= 0.6 is 0 Å². The van der Waals surface area contributed by atoms with Gasteiger partial charge in [0.05, 0.1) is 6.61 Å². The lowest BCUT2D eigenvalue weighted by Gasteiger charge is -2.30. The highest BCUT2D eigenvalue weighted by Crippen LogP contribution is 2.18. The second-order valence-electron chi connectivity index (χ2n) is 7.26. The number of likely N-dealkylation sites (tertiary alicyclic amines) is 1. The van der Waals surface area contributed by atoms with Gasteiger partial charge in [0.15, 0.2) is 0 Å². The molecule has 0 bridgehead atoms. The Bertz CT molecular complexity index is 840. The molecule has 1 fully saturated rings. The largest absolute Gasteiger partial charge is 0.380 e. The third-order valence-corrected chi connectivity index (χ3v) is 5.27. The average molecular weight is 392 g/mol. The van der Waals surface area contributed by atoms with E-state index < -0.39 is 0 Å². The fourth-order valence-electron chi connectivity index (χ4n) is 3.55. The van der Waals surface area contributed by atoms with Crippen molar-refractivity contribution in [1.82, 2.24) is 10.2 Å². The number of benzene rings is 2. The predicted octanol–water partition coefficient (Wildman–Crippen LogP) is 3.40. The number of hydrogen-bond donors (Lipinski definition) is 1. The molecule has 2 aromatic rings. The highest BCUT2D eigenvalue weighted by molar-refractivity contribution is 5.92. The molecule has 1 aliphatic heterocycles. The lowest BCUT2D eigenvalue weighted by molar-refractivity contribution is -0.132. The molecular formula is C24H28N2O3. The van der Waals surface area contributed by atoms with Crippen LogP contribution in [0.4, 0.5) is 0 Å². The molecule has 29 heavy (non-hydrogen) atoms. The first-order chi connectivity index (χ1) is 14.2. The van der Waals surface area contributed by atoms with Crippen LogP contribution in [-0.4, -0.2) is 36.9 Å². The standard InChI is InChI=1S/C24H28N2O3/c1-29-18-22-10-6-5-9-21(22)17-25-24(28)20-13-15-26(16-14-20)23(27)12-11-19-7-3-2-4-8-19/h2-12,20H,13-18H2,1H3,(H,25,28). The van der Waals surface area contributed by atoms with Crippen molar-refractivity contribution in [2.75, 3.05) is 20.2 Å². The van der Waals surface area contributed by atoms with Crippen LogP contribution in [0.1, 0.15) is 29.5 Å². The van der Waals surface area contributed by atoms with E-state index in [0.29, 0.717) is 39.1 Å². The highest BCUT2D eigenvalue weighted by atomic mass is 16.5. The van der Waals surface area contributed by atoms with Crippen molar-refractivity contribution in [3.63, 3.8) is 0 Å². The Kier molecular flexibility index (Phi) is 7.59. The molecule has 2 aromatic carbocycles. The molecule has 3 rings (SSSR count). The number of rotatable bonds is 7. The van der Waals surface area contributed by atoms with E-state index in [0.717, 1.165) is 16.7 Å². The van der Waals surface area contributed by atoms with Crippen molar-refractivity contribution in [3.05, 3.63) is 77.4 Å². The summed E-state index contributed by atoms with van der Waals surface area (Å²) in [5.74, 6) is 0.0112. The Hall–Kier alpha value is -2.92. The van der Waals surface area contributed by atoms with Gasteiger partial charge in [-0.25, -0.2) is 0 Å². The van der Waals surface area contributed by atoms with E-state index in [4.69, 9.17) is 4.74 Å². The molecule has 0 saturated carbocycles. The fraction of sp³-hybridized carbons (Fsp3) is 0.333. The minimum absolute atomic E-state index is 0.00112. The first kappa shape index (κ1) is 20.8. The molecule has 0 unspecified atom stereocenters. The zero-order chi connectivity index (χ0) is 20.5. The topological polar surface area (TPSA) is 58.6 Å². The van der Waals surface area contributed by atoms with Crippen molar-refractivity contribution < 1.29 is 14.3 Å². The summed E-state index contributed by atoms with van der Waals surface area (Å²) in [5.41, 5.74) is 3.16. The number of carbonyl (C=O) groups excluding carboxylic acids is 2.